The number of halogens is 1. The van der Waals surface area contributed by atoms with Crippen LogP contribution in [0.5, 0.6) is 0 Å². The van der Waals surface area contributed by atoms with Gasteiger partial charge in [-0.15, -0.1) is 24.0 Å². The molecule has 1 heterocycles. The predicted octanol–water partition coefficient (Wildman–Crippen LogP) is 2.45. The molecule has 2 N–H and O–H groups in total. The molecular weight excluding hydrogens is 527 g/mol. The molecule has 2 aromatic carbocycles. The van der Waals surface area contributed by atoms with Crippen LogP contribution >= 0.6 is 24.0 Å². The highest BCUT2D eigenvalue weighted by Gasteiger charge is 2.14. The number of aliphatic imine (C=N–C) groups is 1. The van der Waals surface area contributed by atoms with Gasteiger partial charge in [-0.1, -0.05) is 30.3 Å². The fourth-order valence-corrected chi connectivity index (χ4v) is 4.03. The number of ether oxygens (including phenoxy) is 1. The van der Waals surface area contributed by atoms with Crippen molar-refractivity contribution < 1.29 is 13.2 Å². The SMILES string of the molecule is CN=C(NCCc1ccc(S(C)(=O)=O)cc1)NCc1ccccc1N1CCOCC1.I. The van der Waals surface area contributed by atoms with E-state index >= 15 is 0 Å². The maximum atomic E-state index is 11.6. The normalized spacial score (nSPS) is 14.6. The quantitative estimate of drug-likeness (QED) is 0.309. The van der Waals surface area contributed by atoms with Gasteiger partial charge in [-0.3, -0.25) is 4.99 Å². The summed E-state index contributed by atoms with van der Waals surface area (Å²) in [5.74, 6) is 0.736. The van der Waals surface area contributed by atoms with Gasteiger partial charge in [-0.2, -0.15) is 0 Å². The number of anilines is 1. The van der Waals surface area contributed by atoms with Crippen molar-refractivity contribution in [1.29, 1.82) is 0 Å². The zero-order valence-corrected chi connectivity index (χ0v) is 21.2. The number of morpholine rings is 1. The standard InChI is InChI=1S/C22H30N4O3S.HI/c1-23-22(24-12-11-18-7-9-20(10-8-18)30(2,27)28)25-17-19-5-3-4-6-21(19)26-13-15-29-16-14-26;/h3-10H,11-17H2,1-2H3,(H2,23,24,25);1H. The van der Waals surface area contributed by atoms with Crippen LogP contribution in [0.25, 0.3) is 0 Å². The zero-order valence-electron chi connectivity index (χ0n) is 18.0. The Labute approximate surface area is 202 Å². The van der Waals surface area contributed by atoms with Crippen molar-refractivity contribution >= 4 is 45.5 Å². The summed E-state index contributed by atoms with van der Waals surface area (Å²) in [7, 11) is -1.40. The van der Waals surface area contributed by atoms with E-state index in [1.807, 2.05) is 12.1 Å². The molecule has 1 aliphatic rings. The largest absolute Gasteiger partial charge is 0.378 e. The van der Waals surface area contributed by atoms with E-state index in [1.165, 1.54) is 17.5 Å². The maximum Gasteiger partial charge on any atom is 0.191 e. The molecule has 31 heavy (non-hydrogen) atoms. The highest BCUT2D eigenvalue weighted by molar-refractivity contribution is 14.0. The summed E-state index contributed by atoms with van der Waals surface area (Å²) in [6.45, 7) is 4.70. The van der Waals surface area contributed by atoms with E-state index < -0.39 is 9.84 Å². The first-order valence-corrected chi connectivity index (χ1v) is 12.0. The first-order chi connectivity index (χ1) is 14.5. The number of sulfone groups is 1. The Morgan fingerprint density at radius 1 is 1.06 bits per heavy atom. The van der Waals surface area contributed by atoms with Crippen molar-refractivity contribution in [3.8, 4) is 0 Å². The fourth-order valence-electron chi connectivity index (χ4n) is 3.40. The van der Waals surface area contributed by atoms with Crippen LogP contribution < -0.4 is 15.5 Å². The van der Waals surface area contributed by atoms with E-state index in [1.54, 1.807) is 19.2 Å². The summed E-state index contributed by atoms with van der Waals surface area (Å²) in [5, 5.41) is 6.70. The average molecular weight is 558 g/mol. The molecule has 3 rings (SSSR count). The van der Waals surface area contributed by atoms with Gasteiger partial charge in [0, 0.05) is 45.2 Å². The van der Waals surface area contributed by atoms with E-state index in [4.69, 9.17) is 4.74 Å². The third-order valence-electron chi connectivity index (χ3n) is 5.07. The van der Waals surface area contributed by atoms with Crippen molar-refractivity contribution in [3.05, 3.63) is 59.7 Å². The number of para-hydroxylation sites is 1. The van der Waals surface area contributed by atoms with Gasteiger partial charge < -0.3 is 20.3 Å². The summed E-state index contributed by atoms with van der Waals surface area (Å²) in [5.41, 5.74) is 3.52. The fraction of sp³-hybridized carbons (Fsp3) is 0.409. The minimum Gasteiger partial charge on any atom is -0.378 e. The molecule has 0 atom stereocenters. The first-order valence-electron chi connectivity index (χ1n) is 10.1. The third kappa shape index (κ3) is 7.65. The number of guanidine groups is 1. The van der Waals surface area contributed by atoms with Crippen LogP contribution in [0, 0.1) is 0 Å². The molecule has 1 fully saturated rings. The summed E-state index contributed by atoms with van der Waals surface area (Å²) in [6.07, 6.45) is 1.99. The molecule has 9 heteroatoms. The number of nitrogens with zero attached hydrogens (tertiary/aromatic N) is 2. The van der Waals surface area contributed by atoms with Crippen LogP contribution in [-0.2, 0) is 27.5 Å². The average Bonchev–Trinajstić information content (AvgIpc) is 2.76. The van der Waals surface area contributed by atoms with E-state index in [2.05, 4.69) is 44.8 Å². The van der Waals surface area contributed by atoms with Crippen molar-refractivity contribution in [2.75, 3.05) is 51.1 Å². The summed E-state index contributed by atoms with van der Waals surface area (Å²) in [6, 6.07) is 15.4. The molecule has 1 aliphatic heterocycles. The lowest BCUT2D eigenvalue weighted by Gasteiger charge is -2.30. The molecule has 0 bridgehead atoms. The van der Waals surface area contributed by atoms with Crippen LogP contribution in [0.15, 0.2) is 58.4 Å². The van der Waals surface area contributed by atoms with Crippen molar-refractivity contribution in [3.63, 3.8) is 0 Å². The van der Waals surface area contributed by atoms with Crippen molar-refractivity contribution in [2.45, 2.75) is 17.9 Å². The van der Waals surface area contributed by atoms with E-state index in [9.17, 15) is 8.42 Å². The number of rotatable bonds is 7. The van der Waals surface area contributed by atoms with Gasteiger partial charge in [0.2, 0.25) is 0 Å². The van der Waals surface area contributed by atoms with Crippen molar-refractivity contribution in [1.82, 2.24) is 10.6 Å². The molecule has 0 aromatic heterocycles. The Morgan fingerprint density at radius 2 is 1.74 bits per heavy atom. The molecule has 1 saturated heterocycles. The van der Waals surface area contributed by atoms with Crippen LogP contribution in [0.2, 0.25) is 0 Å². The summed E-state index contributed by atoms with van der Waals surface area (Å²) in [4.78, 5) is 7.01. The third-order valence-corrected chi connectivity index (χ3v) is 6.20. The lowest BCUT2D eigenvalue weighted by molar-refractivity contribution is 0.122. The van der Waals surface area contributed by atoms with Gasteiger partial charge in [0.05, 0.1) is 18.1 Å². The van der Waals surface area contributed by atoms with Gasteiger partial charge in [0.25, 0.3) is 0 Å². The highest BCUT2D eigenvalue weighted by atomic mass is 127. The molecule has 0 spiro atoms. The van der Waals surface area contributed by atoms with Gasteiger partial charge in [-0.05, 0) is 35.7 Å². The molecule has 0 unspecified atom stereocenters. The monoisotopic (exact) mass is 558 g/mol. The predicted molar refractivity (Wildman–Crippen MR) is 136 cm³/mol. The zero-order chi connectivity index (χ0) is 21.4. The van der Waals surface area contributed by atoms with Crippen LogP contribution in [-0.4, -0.2) is 60.5 Å². The topological polar surface area (TPSA) is 83.0 Å². The Balaban J connectivity index is 0.00000341. The van der Waals surface area contributed by atoms with Gasteiger partial charge in [0.15, 0.2) is 15.8 Å². The molecule has 170 valence electrons. The first kappa shape index (κ1) is 25.4. The highest BCUT2D eigenvalue weighted by Crippen LogP contribution is 2.21. The Bertz CT molecular complexity index is 959. The summed E-state index contributed by atoms with van der Waals surface area (Å²) >= 11 is 0. The minimum atomic E-state index is -3.16. The molecule has 0 saturated carbocycles. The molecule has 0 amide bonds. The Morgan fingerprint density at radius 3 is 2.39 bits per heavy atom. The maximum absolute atomic E-state index is 11.6. The second kappa shape index (κ2) is 12.3. The second-order valence-electron chi connectivity index (χ2n) is 7.25. The Kier molecular flexibility index (Phi) is 10.0. The minimum absolute atomic E-state index is 0. The van der Waals surface area contributed by atoms with Gasteiger partial charge >= 0.3 is 0 Å². The molecule has 2 aromatic rings. The lowest BCUT2D eigenvalue weighted by atomic mass is 10.1. The number of hydrogen-bond donors (Lipinski definition) is 2. The summed E-state index contributed by atoms with van der Waals surface area (Å²) < 4.78 is 28.6. The Hall–Kier alpha value is -1.85. The molecule has 0 aliphatic carbocycles. The van der Waals surface area contributed by atoms with Crippen LogP contribution in [0.3, 0.4) is 0 Å². The van der Waals surface area contributed by atoms with E-state index in [-0.39, 0.29) is 24.0 Å². The molecule has 7 nitrogen and oxygen atoms in total. The van der Waals surface area contributed by atoms with E-state index in [0.29, 0.717) is 18.0 Å². The van der Waals surface area contributed by atoms with E-state index in [0.717, 1.165) is 44.2 Å². The lowest BCUT2D eigenvalue weighted by Crippen LogP contribution is -2.39. The number of benzene rings is 2. The second-order valence-corrected chi connectivity index (χ2v) is 9.26. The number of hydrogen-bond acceptors (Lipinski definition) is 5. The van der Waals surface area contributed by atoms with Gasteiger partial charge in [-0.25, -0.2) is 8.42 Å². The molecular formula is C22H31IN4O3S. The number of nitrogens with one attached hydrogen (secondary N) is 2. The van der Waals surface area contributed by atoms with Crippen LogP contribution in [0.1, 0.15) is 11.1 Å². The molecule has 0 radical (unpaired) electrons. The van der Waals surface area contributed by atoms with Crippen molar-refractivity contribution in [2.24, 2.45) is 4.99 Å². The van der Waals surface area contributed by atoms with Gasteiger partial charge in [0.1, 0.15) is 0 Å². The van der Waals surface area contributed by atoms with Crippen LogP contribution in [0.4, 0.5) is 5.69 Å². The smallest absolute Gasteiger partial charge is 0.191 e.